The van der Waals surface area contributed by atoms with E-state index < -0.39 is 6.10 Å². The SMILES string of the molecule is CC\C=C/C=C\C=C/C=C\C=C\C=C/C=C\CCCCCC(=O)OCC(COC(=O)CCC/C=C\C/C=C\C/C=C\CC)OC(=O)CCCCCCCCCCCCCCCCCCC. The molecule has 6 heteroatoms. The highest BCUT2D eigenvalue weighted by molar-refractivity contribution is 5.71. The summed E-state index contributed by atoms with van der Waals surface area (Å²) >= 11 is 0. The van der Waals surface area contributed by atoms with Crippen LogP contribution in [0.2, 0.25) is 0 Å². The summed E-state index contributed by atoms with van der Waals surface area (Å²) in [6.45, 7) is 6.28. The fraction of sp³-hybridized carbons (Fsp3) is 0.610. The van der Waals surface area contributed by atoms with Gasteiger partial charge < -0.3 is 14.2 Å². The van der Waals surface area contributed by atoms with E-state index in [1.165, 1.54) is 89.9 Å². The van der Waals surface area contributed by atoms with Crippen molar-refractivity contribution < 1.29 is 28.6 Å². The van der Waals surface area contributed by atoms with Gasteiger partial charge in [-0.25, -0.2) is 0 Å². The van der Waals surface area contributed by atoms with Gasteiger partial charge in [0.05, 0.1) is 0 Å². The number of carbonyl (C=O) groups excluding carboxylic acids is 3. The molecule has 65 heavy (non-hydrogen) atoms. The quantitative estimate of drug-likeness (QED) is 0.0199. The predicted molar refractivity (Wildman–Crippen MR) is 279 cm³/mol. The third kappa shape index (κ3) is 50.7. The average molecular weight is 899 g/mol. The lowest BCUT2D eigenvalue weighted by molar-refractivity contribution is -0.167. The first-order valence-electron chi connectivity index (χ1n) is 26.1. The zero-order valence-corrected chi connectivity index (χ0v) is 41.7. The smallest absolute Gasteiger partial charge is 0.306 e. The molecular formula is C59H94O6. The molecule has 366 valence electrons. The fourth-order valence-corrected chi connectivity index (χ4v) is 6.80. The Morgan fingerprint density at radius 1 is 0.338 bits per heavy atom. The van der Waals surface area contributed by atoms with Crippen LogP contribution in [-0.4, -0.2) is 37.2 Å². The van der Waals surface area contributed by atoms with Crippen LogP contribution in [0.15, 0.2) is 122 Å². The molecule has 6 nitrogen and oxygen atoms in total. The van der Waals surface area contributed by atoms with E-state index in [0.717, 1.165) is 77.0 Å². The van der Waals surface area contributed by atoms with E-state index in [1.807, 2.05) is 72.9 Å². The van der Waals surface area contributed by atoms with E-state index in [9.17, 15) is 14.4 Å². The van der Waals surface area contributed by atoms with Gasteiger partial charge in [-0.05, 0) is 64.2 Å². The molecule has 0 amide bonds. The Bertz CT molecular complexity index is 1400. The van der Waals surface area contributed by atoms with Crippen molar-refractivity contribution in [1.29, 1.82) is 0 Å². The Kier molecular flexibility index (Phi) is 49.1. The molecule has 0 aromatic heterocycles. The minimum atomic E-state index is -0.818. The molecular weight excluding hydrogens is 805 g/mol. The summed E-state index contributed by atoms with van der Waals surface area (Å²) < 4.78 is 16.7. The van der Waals surface area contributed by atoms with E-state index in [0.29, 0.717) is 19.3 Å². The van der Waals surface area contributed by atoms with Gasteiger partial charge in [-0.3, -0.25) is 14.4 Å². The summed E-state index contributed by atoms with van der Waals surface area (Å²) in [5.41, 5.74) is 0. The highest BCUT2D eigenvalue weighted by atomic mass is 16.6. The number of hydrogen-bond acceptors (Lipinski definition) is 6. The minimum absolute atomic E-state index is 0.119. The molecule has 0 heterocycles. The molecule has 0 saturated heterocycles. The maximum Gasteiger partial charge on any atom is 0.306 e. The number of allylic oxidation sites excluding steroid dienone is 20. The van der Waals surface area contributed by atoms with Gasteiger partial charge in [-0.1, -0.05) is 251 Å². The summed E-state index contributed by atoms with van der Waals surface area (Å²) in [6, 6.07) is 0. The normalized spacial score (nSPS) is 13.1. The molecule has 0 N–H and O–H groups in total. The van der Waals surface area contributed by atoms with Crippen LogP contribution in [0.25, 0.3) is 0 Å². The predicted octanol–water partition coefficient (Wildman–Crippen LogP) is 17.3. The lowest BCUT2D eigenvalue weighted by Gasteiger charge is -2.18. The van der Waals surface area contributed by atoms with Crippen LogP contribution in [0, 0.1) is 0 Å². The molecule has 0 rings (SSSR count). The highest BCUT2D eigenvalue weighted by Crippen LogP contribution is 2.15. The molecule has 0 spiro atoms. The number of carbonyl (C=O) groups is 3. The van der Waals surface area contributed by atoms with E-state index in [2.05, 4.69) is 69.4 Å². The zero-order valence-electron chi connectivity index (χ0n) is 41.7. The monoisotopic (exact) mass is 899 g/mol. The van der Waals surface area contributed by atoms with Crippen LogP contribution >= 0.6 is 0 Å². The number of rotatable bonds is 45. The van der Waals surface area contributed by atoms with Crippen LogP contribution in [0.1, 0.15) is 213 Å². The molecule has 0 aromatic carbocycles. The second-order valence-corrected chi connectivity index (χ2v) is 16.9. The van der Waals surface area contributed by atoms with Crippen LogP contribution < -0.4 is 0 Å². The number of hydrogen-bond donors (Lipinski definition) is 0. The van der Waals surface area contributed by atoms with Gasteiger partial charge in [0.2, 0.25) is 0 Å². The maximum absolute atomic E-state index is 12.8. The number of ether oxygens (including phenoxy) is 3. The van der Waals surface area contributed by atoms with Crippen molar-refractivity contribution in [2.24, 2.45) is 0 Å². The molecule has 0 aromatic rings. The van der Waals surface area contributed by atoms with E-state index >= 15 is 0 Å². The topological polar surface area (TPSA) is 78.9 Å². The number of esters is 3. The lowest BCUT2D eigenvalue weighted by Crippen LogP contribution is -2.30. The van der Waals surface area contributed by atoms with Crippen molar-refractivity contribution in [3.8, 4) is 0 Å². The molecule has 0 aliphatic carbocycles. The summed E-state index contributed by atoms with van der Waals surface area (Å²) in [7, 11) is 0. The lowest BCUT2D eigenvalue weighted by atomic mass is 10.0. The standard InChI is InChI=1S/C59H94O6/c1-4-7-10-13-16-19-22-24-26-28-29-31-32-34-37-40-43-46-49-52-58(61)64-55-56(54-63-57(60)51-48-45-42-39-36-21-18-15-12-9-6-3)65-59(62)53-50-47-44-41-38-35-33-30-27-25-23-20-17-14-11-8-5-2/h7,9-10,12-13,16,18-19,21-22,24,26,28-29,31-32,34,37,39,42,56H,4-6,8,11,14-15,17,20,23,25,27,30,33,35-36,38,40-41,43-55H2,1-3H3/b10-7-,12-9-,16-13-,21-18-,22-19-,26-24-,29-28+,32-31-,37-34-,42-39-. The first-order valence-corrected chi connectivity index (χ1v) is 26.1. The first-order chi connectivity index (χ1) is 32.0. The average Bonchev–Trinajstić information content (AvgIpc) is 3.30. The van der Waals surface area contributed by atoms with Gasteiger partial charge in [0.15, 0.2) is 6.10 Å². The van der Waals surface area contributed by atoms with E-state index in [1.54, 1.807) is 0 Å². The van der Waals surface area contributed by atoms with Crippen molar-refractivity contribution in [3.63, 3.8) is 0 Å². The molecule has 0 fully saturated rings. The highest BCUT2D eigenvalue weighted by Gasteiger charge is 2.19. The second kappa shape index (κ2) is 52.4. The molecule has 0 bridgehead atoms. The van der Waals surface area contributed by atoms with Gasteiger partial charge in [-0.15, -0.1) is 0 Å². The Labute approximate surface area is 399 Å². The summed E-state index contributed by atoms with van der Waals surface area (Å²) in [5.74, 6) is -1.02. The molecule has 1 atom stereocenters. The van der Waals surface area contributed by atoms with Crippen molar-refractivity contribution >= 4 is 17.9 Å². The molecule has 0 saturated carbocycles. The van der Waals surface area contributed by atoms with Crippen molar-refractivity contribution in [2.45, 2.75) is 219 Å². The van der Waals surface area contributed by atoms with Crippen LogP contribution in [0.5, 0.6) is 0 Å². The number of unbranched alkanes of at least 4 members (excludes halogenated alkanes) is 20. The summed E-state index contributed by atoms with van der Waals surface area (Å²) in [6.07, 6.45) is 71.9. The molecule has 0 radical (unpaired) electrons. The largest absolute Gasteiger partial charge is 0.462 e. The van der Waals surface area contributed by atoms with Crippen molar-refractivity contribution in [1.82, 2.24) is 0 Å². The van der Waals surface area contributed by atoms with Crippen molar-refractivity contribution in [3.05, 3.63) is 122 Å². The van der Waals surface area contributed by atoms with Crippen molar-refractivity contribution in [2.75, 3.05) is 13.2 Å². The third-order valence-electron chi connectivity index (χ3n) is 10.7. The molecule has 1 unspecified atom stereocenters. The summed E-state index contributed by atoms with van der Waals surface area (Å²) in [4.78, 5) is 38.0. The van der Waals surface area contributed by atoms with Crippen LogP contribution in [0.3, 0.4) is 0 Å². The van der Waals surface area contributed by atoms with Gasteiger partial charge in [0.1, 0.15) is 13.2 Å². The minimum Gasteiger partial charge on any atom is -0.462 e. The third-order valence-corrected chi connectivity index (χ3v) is 10.7. The fourth-order valence-electron chi connectivity index (χ4n) is 6.80. The summed E-state index contributed by atoms with van der Waals surface area (Å²) in [5, 5.41) is 0. The van der Waals surface area contributed by atoms with Gasteiger partial charge in [0, 0.05) is 19.3 Å². The van der Waals surface area contributed by atoms with E-state index in [4.69, 9.17) is 14.2 Å². The molecule has 0 aliphatic heterocycles. The van der Waals surface area contributed by atoms with Crippen LogP contribution in [0.4, 0.5) is 0 Å². The Hall–Kier alpha value is -4.19. The maximum atomic E-state index is 12.8. The van der Waals surface area contributed by atoms with Crippen LogP contribution in [-0.2, 0) is 28.6 Å². The second-order valence-electron chi connectivity index (χ2n) is 16.9. The molecule has 0 aliphatic rings. The van der Waals surface area contributed by atoms with Gasteiger partial charge in [0.25, 0.3) is 0 Å². The Balaban J connectivity index is 4.51. The van der Waals surface area contributed by atoms with Gasteiger partial charge in [-0.2, -0.15) is 0 Å². The Morgan fingerprint density at radius 2 is 0.692 bits per heavy atom. The first kappa shape index (κ1) is 60.8. The zero-order chi connectivity index (χ0) is 47.2. The van der Waals surface area contributed by atoms with E-state index in [-0.39, 0.29) is 37.5 Å². The Morgan fingerprint density at radius 3 is 1.17 bits per heavy atom. The van der Waals surface area contributed by atoms with Gasteiger partial charge >= 0.3 is 17.9 Å².